The summed E-state index contributed by atoms with van der Waals surface area (Å²) in [5.41, 5.74) is 7.57. The van der Waals surface area contributed by atoms with E-state index in [9.17, 15) is 0 Å². The molecular formula is C10H9BrN2O2. The number of rotatable bonds is 0. The number of nitrogen functional groups attached to an aromatic ring is 1. The lowest BCUT2D eigenvalue weighted by Crippen LogP contribution is -2.09. The molecule has 78 valence electrons. The molecule has 5 heteroatoms. The van der Waals surface area contributed by atoms with Crippen LogP contribution in [0.15, 0.2) is 15.1 Å². The van der Waals surface area contributed by atoms with Crippen LogP contribution in [0.5, 0.6) is 5.75 Å². The normalized spacial score (nSPS) is 15.0. The van der Waals surface area contributed by atoms with E-state index in [0.717, 1.165) is 40.6 Å². The molecule has 1 aromatic heterocycles. The molecule has 2 N–H and O–H groups in total. The molecule has 2 heterocycles. The van der Waals surface area contributed by atoms with E-state index in [0.29, 0.717) is 11.4 Å². The number of benzene rings is 1. The summed E-state index contributed by atoms with van der Waals surface area (Å²) in [6.07, 6.45) is 2.03. The summed E-state index contributed by atoms with van der Waals surface area (Å²) in [4.78, 5) is 0. The molecule has 0 radical (unpaired) electrons. The van der Waals surface area contributed by atoms with Crippen molar-refractivity contribution in [3.05, 3.63) is 16.1 Å². The van der Waals surface area contributed by atoms with Crippen LogP contribution in [0.1, 0.15) is 12.0 Å². The molecule has 4 nitrogen and oxygen atoms in total. The predicted molar refractivity (Wildman–Crippen MR) is 59.9 cm³/mol. The van der Waals surface area contributed by atoms with Crippen molar-refractivity contribution in [1.82, 2.24) is 5.16 Å². The Hall–Kier alpha value is -1.23. The van der Waals surface area contributed by atoms with E-state index in [-0.39, 0.29) is 0 Å². The summed E-state index contributed by atoms with van der Waals surface area (Å²) in [5, 5.41) is 4.55. The number of ether oxygens (including phenoxy) is 1. The van der Waals surface area contributed by atoms with Gasteiger partial charge in [-0.1, -0.05) is 21.1 Å². The number of aromatic nitrogens is 1. The molecule has 1 aliphatic heterocycles. The number of anilines is 1. The van der Waals surface area contributed by atoms with Crippen molar-refractivity contribution in [3.8, 4) is 5.75 Å². The van der Waals surface area contributed by atoms with Gasteiger partial charge in [0.2, 0.25) is 0 Å². The van der Waals surface area contributed by atoms with E-state index in [1.165, 1.54) is 0 Å². The zero-order valence-corrected chi connectivity index (χ0v) is 9.50. The molecule has 0 atom stereocenters. The third-order valence-corrected chi connectivity index (χ3v) is 3.32. The molecule has 1 aliphatic rings. The Morgan fingerprint density at radius 2 is 2.33 bits per heavy atom. The molecule has 0 bridgehead atoms. The molecule has 15 heavy (non-hydrogen) atoms. The van der Waals surface area contributed by atoms with Gasteiger partial charge in [0, 0.05) is 10.0 Å². The average molecular weight is 269 g/mol. The summed E-state index contributed by atoms with van der Waals surface area (Å²) in [6.45, 7) is 0.725. The average Bonchev–Trinajstić information content (AvgIpc) is 2.61. The molecule has 2 aromatic rings. The molecule has 3 rings (SSSR count). The summed E-state index contributed by atoms with van der Waals surface area (Å²) in [5.74, 6) is 1.22. The molecule has 0 aliphatic carbocycles. The van der Waals surface area contributed by atoms with Crippen molar-refractivity contribution in [2.24, 2.45) is 0 Å². The zero-order valence-electron chi connectivity index (χ0n) is 7.92. The van der Waals surface area contributed by atoms with E-state index in [4.69, 9.17) is 15.0 Å². The lowest BCUT2D eigenvalue weighted by atomic mass is 10.0. The first-order valence-electron chi connectivity index (χ1n) is 4.76. The van der Waals surface area contributed by atoms with Crippen molar-refractivity contribution < 1.29 is 9.26 Å². The van der Waals surface area contributed by atoms with Gasteiger partial charge in [0.25, 0.3) is 0 Å². The Kier molecular flexibility index (Phi) is 1.88. The standard InChI is InChI=1S/C10H9BrN2O2/c11-6-4-7-8(10(12)13-15-7)9-5(6)2-1-3-14-9/h4H,1-3H2,(H2,12,13). The van der Waals surface area contributed by atoms with Crippen LogP contribution in [-0.2, 0) is 6.42 Å². The topological polar surface area (TPSA) is 61.3 Å². The van der Waals surface area contributed by atoms with E-state index in [1.54, 1.807) is 0 Å². The van der Waals surface area contributed by atoms with Gasteiger partial charge < -0.3 is 15.0 Å². The number of fused-ring (bicyclic) bond motifs is 3. The highest BCUT2D eigenvalue weighted by Gasteiger charge is 2.21. The van der Waals surface area contributed by atoms with Crippen molar-refractivity contribution >= 4 is 32.7 Å². The molecule has 0 unspecified atom stereocenters. The molecule has 0 amide bonds. The van der Waals surface area contributed by atoms with Gasteiger partial charge in [-0.2, -0.15) is 0 Å². The van der Waals surface area contributed by atoms with E-state index in [1.807, 2.05) is 6.07 Å². The SMILES string of the molecule is Nc1noc2cc(Br)c3c(c12)OCCC3. The first-order chi connectivity index (χ1) is 7.27. The maximum absolute atomic E-state index is 5.75. The van der Waals surface area contributed by atoms with Gasteiger partial charge in [-0.3, -0.25) is 0 Å². The fourth-order valence-corrected chi connectivity index (χ4v) is 2.51. The Morgan fingerprint density at radius 3 is 3.20 bits per heavy atom. The van der Waals surface area contributed by atoms with E-state index >= 15 is 0 Å². The second-order valence-electron chi connectivity index (χ2n) is 3.56. The van der Waals surface area contributed by atoms with Gasteiger partial charge in [-0.25, -0.2) is 0 Å². The van der Waals surface area contributed by atoms with Crippen LogP contribution in [0.2, 0.25) is 0 Å². The van der Waals surface area contributed by atoms with Crippen molar-refractivity contribution in [2.75, 3.05) is 12.3 Å². The minimum atomic E-state index is 0.399. The number of hydrogen-bond acceptors (Lipinski definition) is 4. The third-order valence-electron chi connectivity index (χ3n) is 2.61. The Labute approximate surface area is 94.5 Å². The van der Waals surface area contributed by atoms with Crippen molar-refractivity contribution in [3.63, 3.8) is 0 Å². The van der Waals surface area contributed by atoms with Crippen LogP contribution in [0.25, 0.3) is 11.0 Å². The second-order valence-corrected chi connectivity index (χ2v) is 4.41. The van der Waals surface area contributed by atoms with Crippen LogP contribution in [0.3, 0.4) is 0 Å². The summed E-state index contributed by atoms with van der Waals surface area (Å²) < 4.78 is 11.8. The first kappa shape index (κ1) is 9.03. The first-order valence-corrected chi connectivity index (χ1v) is 5.55. The summed E-state index contributed by atoms with van der Waals surface area (Å²) >= 11 is 3.50. The molecule has 1 aromatic carbocycles. The van der Waals surface area contributed by atoms with Gasteiger partial charge in [-0.15, -0.1) is 0 Å². The third kappa shape index (κ3) is 1.23. The Balaban J connectivity index is 2.42. The minimum absolute atomic E-state index is 0.399. The highest BCUT2D eigenvalue weighted by Crippen LogP contribution is 2.40. The van der Waals surface area contributed by atoms with Gasteiger partial charge in [-0.05, 0) is 18.9 Å². The van der Waals surface area contributed by atoms with E-state index in [2.05, 4.69) is 21.1 Å². The van der Waals surface area contributed by atoms with Crippen LogP contribution in [-0.4, -0.2) is 11.8 Å². The predicted octanol–water partition coefficient (Wildman–Crippen LogP) is 2.50. The fraction of sp³-hybridized carbons (Fsp3) is 0.300. The highest BCUT2D eigenvalue weighted by molar-refractivity contribution is 9.10. The van der Waals surface area contributed by atoms with Crippen molar-refractivity contribution in [2.45, 2.75) is 12.8 Å². The van der Waals surface area contributed by atoms with Gasteiger partial charge in [0.15, 0.2) is 11.4 Å². The monoisotopic (exact) mass is 268 g/mol. The number of nitrogens with zero attached hydrogens (tertiary/aromatic N) is 1. The summed E-state index contributed by atoms with van der Waals surface area (Å²) in [7, 11) is 0. The van der Waals surface area contributed by atoms with Crippen molar-refractivity contribution in [1.29, 1.82) is 0 Å². The van der Waals surface area contributed by atoms with Crippen LogP contribution >= 0.6 is 15.9 Å². The zero-order chi connectivity index (χ0) is 10.4. The van der Waals surface area contributed by atoms with Crippen LogP contribution in [0, 0.1) is 0 Å². The molecule has 0 fully saturated rings. The van der Waals surface area contributed by atoms with Crippen LogP contribution < -0.4 is 10.5 Å². The lowest BCUT2D eigenvalue weighted by Gasteiger charge is -2.18. The Morgan fingerprint density at radius 1 is 1.47 bits per heavy atom. The highest BCUT2D eigenvalue weighted by atomic mass is 79.9. The van der Waals surface area contributed by atoms with Crippen LogP contribution in [0.4, 0.5) is 5.82 Å². The summed E-state index contributed by atoms with van der Waals surface area (Å²) in [6, 6.07) is 1.90. The Bertz CT molecular complexity index is 536. The lowest BCUT2D eigenvalue weighted by molar-refractivity contribution is 0.291. The van der Waals surface area contributed by atoms with Gasteiger partial charge in [0.05, 0.1) is 6.61 Å². The molecule has 0 spiro atoms. The second kappa shape index (κ2) is 3.13. The maximum Gasteiger partial charge on any atom is 0.178 e. The quantitative estimate of drug-likeness (QED) is 0.798. The van der Waals surface area contributed by atoms with Gasteiger partial charge in [0.1, 0.15) is 11.1 Å². The number of halogens is 1. The largest absolute Gasteiger partial charge is 0.492 e. The van der Waals surface area contributed by atoms with Gasteiger partial charge >= 0.3 is 0 Å². The molecule has 0 saturated carbocycles. The smallest absolute Gasteiger partial charge is 0.178 e. The maximum atomic E-state index is 5.75. The number of nitrogens with two attached hydrogens (primary N) is 1. The fourth-order valence-electron chi connectivity index (χ4n) is 1.92. The number of hydrogen-bond donors (Lipinski definition) is 1. The molecular weight excluding hydrogens is 260 g/mol. The minimum Gasteiger partial charge on any atom is -0.492 e. The molecule has 0 saturated heterocycles. The van der Waals surface area contributed by atoms with E-state index < -0.39 is 0 Å².